The maximum absolute atomic E-state index is 5.38. The lowest BCUT2D eigenvalue weighted by molar-refractivity contribution is 0.0376. The van der Waals surface area contributed by atoms with Crippen LogP contribution in [0.2, 0.25) is 0 Å². The average Bonchev–Trinajstić information content (AvgIpc) is 2.69. The van der Waals surface area contributed by atoms with E-state index in [0.29, 0.717) is 5.11 Å². The van der Waals surface area contributed by atoms with Gasteiger partial charge in [-0.1, -0.05) is 0 Å². The summed E-state index contributed by atoms with van der Waals surface area (Å²) in [6.07, 6.45) is 1.02. The van der Waals surface area contributed by atoms with E-state index in [1.54, 1.807) is 14.2 Å². The third kappa shape index (κ3) is 6.44. The molecular formula is C18H28N4O3S. The Morgan fingerprint density at radius 1 is 1.27 bits per heavy atom. The molecule has 2 rings (SSSR count). The lowest BCUT2D eigenvalue weighted by Gasteiger charge is -2.26. The summed E-state index contributed by atoms with van der Waals surface area (Å²) >= 11 is 5.28. The van der Waals surface area contributed by atoms with Gasteiger partial charge in [0.25, 0.3) is 0 Å². The SMILES string of the molecule is COc1ccc(OC)c(/C(C)=N\NC(=S)NCCCN2CCOCC2)c1. The minimum Gasteiger partial charge on any atom is -0.497 e. The van der Waals surface area contributed by atoms with Crippen LogP contribution in [0.15, 0.2) is 23.3 Å². The van der Waals surface area contributed by atoms with Crippen LogP contribution < -0.4 is 20.2 Å². The van der Waals surface area contributed by atoms with Crippen LogP contribution in [-0.4, -0.2) is 69.3 Å². The van der Waals surface area contributed by atoms with Gasteiger partial charge in [-0.25, -0.2) is 0 Å². The van der Waals surface area contributed by atoms with Gasteiger partial charge in [0.05, 0.1) is 33.1 Å². The topological polar surface area (TPSA) is 67.4 Å². The molecule has 0 aliphatic carbocycles. The van der Waals surface area contributed by atoms with Gasteiger partial charge in [0.1, 0.15) is 11.5 Å². The molecule has 0 spiro atoms. The molecule has 1 aromatic carbocycles. The van der Waals surface area contributed by atoms with Crippen LogP contribution >= 0.6 is 12.2 Å². The molecule has 1 fully saturated rings. The Morgan fingerprint density at radius 2 is 2.04 bits per heavy atom. The maximum Gasteiger partial charge on any atom is 0.186 e. The van der Waals surface area contributed by atoms with Gasteiger partial charge in [0, 0.05) is 25.2 Å². The zero-order chi connectivity index (χ0) is 18.8. The normalized spacial score (nSPS) is 15.4. The van der Waals surface area contributed by atoms with Crippen molar-refractivity contribution in [2.24, 2.45) is 5.10 Å². The molecule has 7 nitrogen and oxygen atoms in total. The summed E-state index contributed by atoms with van der Waals surface area (Å²) in [7, 11) is 3.26. The number of hydrogen-bond acceptors (Lipinski definition) is 6. The van der Waals surface area contributed by atoms with Crippen LogP contribution in [0.25, 0.3) is 0 Å². The molecule has 0 unspecified atom stereocenters. The molecule has 1 aliphatic rings. The number of hydrogen-bond donors (Lipinski definition) is 2. The van der Waals surface area contributed by atoms with Gasteiger partial charge in [-0.2, -0.15) is 5.10 Å². The first kappa shape index (κ1) is 20.4. The Labute approximate surface area is 160 Å². The second kappa shape index (κ2) is 10.9. The molecule has 0 radical (unpaired) electrons. The Morgan fingerprint density at radius 3 is 2.73 bits per heavy atom. The van der Waals surface area contributed by atoms with Crippen molar-refractivity contribution in [2.45, 2.75) is 13.3 Å². The number of morpholine rings is 1. The van der Waals surface area contributed by atoms with E-state index in [4.69, 9.17) is 26.4 Å². The lowest BCUT2D eigenvalue weighted by Crippen LogP contribution is -2.39. The molecule has 8 heteroatoms. The van der Waals surface area contributed by atoms with Gasteiger partial charge in [0.2, 0.25) is 0 Å². The van der Waals surface area contributed by atoms with Crippen LogP contribution in [0.1, 0.15) is 18.9 Å². The Bertz CT molecular complexity index is 618. The summed E-state index contributed by atoms with van der Waals surface area (Å²) in [4.78, 5) is 2.40. The van der Waals surface area contributed by atoms with Crippen LogP contribution in [0.4, 0.5) is 0 Å². The van der Waals surface area contributed by atoms with Crippen molar-refractivity contribution in [2.75, 3.05) is 53.6 Å². The molecule has 1 aromatic rings. The van der Waals surface area contributed by atoms with Gasteiger partial charge in [-0.3, -0.25) is 10.3 Å². The van der Waals surface area contributed by atoms with Crippen molar-refractivity contribution in [3.05, 3.63) is 23.8 Å². The van der Waals surface area contributed by atoms with Crippen LogP contribution in [0.3, 0.4) is 0 Å². The molecule has 2 N–H and O–H groups in total. The highest BCUT2D eigenvalue weighted by atomic mass is 32.1. The Hall–Kier alpha value is -1.90. The van der Waals surface area contributed by atoms with Crippen LogP contribution in [0, 0.1) is 0 Å². The monoisotopic (exact) mass is 380 g/mol. The predicted octanol–water partition coefficient (Wildman–Crippen LogP) is 1.61. The molecule has 0 atom stereocenters. The van der Waals surface area contributed by atoms with Crippen molar-refractivity contribution < 1.29 is 14.2 Å². The fourth-order valence-corrected chi connectivity index (χ4v) is 2.81. The molecular weight excluding hydrogens is 352 g/mol. The van der Waals surface area contributed by atoms with Crippen molar-refractivity contribution in [1.29, 1.82) is 0 Å². The number of thiocarbonyl (C=S) groups is 1. The quantitative estimate of drug-likeness (QED) is 0.307. The number of benzene rings is 1. The summed E-state index contributed by atoms with van der Waals surface area (Å²) in [5.41, 5.74) is 4.50. The van der Waals surface area contributed by atoms with Gasteiger partial charge >= 0.3 is 0 Å². The third-order valence-electron chi connectivity index (χ3n) is 4.16. The zero-order valence-corrected chi connectivity index (χ0v) is 16.5. The molecule has 26 heavy (non-hydrogen) atoms. The zero-order valence-electron chi connectivity index (χ0n) is 15.7. The van der Waals surface area contributed by atoms with Crippen LogP contribution in [0.5, 0.6) is 11.5 Å². The first-order valence-electron chi connectivity index (χ1n) is 8.74. The van der Waals surface area contributed by atoms with Crippen molar-refractivity contribution in [3.8, 4) is 11.5 Å². The molecule has 1 saturated heterocycles. The molecule has 144 valence electrons. The standard InChI is InChI=1S/C18H28N4O3S/c1-14(16-13-15(23-2)5-6-17(16)24-3)20-21-18(26)19-7-4-8-22-9-11-25-12-10-22/h5-6,13H,4,7-12H2,1-3H3,(H2,19,21,26)/b20-14-. The summed E-state index contributed by atoms with van der Waals surface area (Å²) in [5.74, 6) is 1.48. The first-order valence-corrected chi connectivity index (χ1v) is 9.15. The smallest absolute Gasteiger partial charge is 0.186 e. The minimum absolute atomic E-state index is 0.508. The molecule has 0 bridgehead atoms. The minimum atomic E-state index is 0.508. The van der Waals surface area contributed by atoms with Gasteiger partial charge in [-0.15, -0.1) is 0 Å². The van der Waals surface area contributed by atoms with E-state index in [2.05, 4.69) is 20.7 Å². The maximum atomic E-state index is 5.38. The van der Waals surface area contributed by atoms with Crippen molar-refractivity contribution >= 4 is 23.0 Å². The average molecular weight is 381 g/mol. The Balaban J connectivity index is 1.77. The highest BCUT2D eigenvalue weighted by molar-refractivity contribution is 7.80. The largest absolute Gasteiger partial charge is 0.497 e. The van der Waals surface area contributed by atoms with Crippen LogP contribution in [-0.2, 0) is 4.74 Å². The fourth-order valence-electron chi connectivity index (χ4n) is 2.66. The fraction of sp³-hybridized carbons (Fsp3) is 0.556. The highest BCUT2D eigenvalue weighted by Gasteiger charge is 2.10. The molecule has 1 heterocycles. The van der Waals surface area contributed by atoms with E-state index in [1.807, 2.05) is 25.1 Å². The summed E-state index contributed by atoms with van der Waals surface area (Å²) < 4.78 is 16.0. The number of nitrogens with one attached hydrogen (secondary N) is 2. The summed E-state index contributed by atoms with van der Waals surface area (Å²) in [6, 6.07) is 5.59. The van der Waals surface area contributed by atoms with E-state index < -0.39 is 0 Å². The van der Waals surface area contributed by atoms with E-state index in [9.17, 15) is 0 Å². The second-order valence-corrected chi connectivity index (χ2v) is 6.35. The number of hydrazone groups is 1. The predicted molar refractivity (Wildman–Crippen MR) is 107 cm³/mol. The van der Waals surface area contributed by atoms with Crippen molar-refractivity contribution in [3.63, 3.8) is 0 Å². The molecule has 1 aliphatic heterocycles. The first-order chi connectivity index (χ1) is 12.6. The second-order valence-electron chi connectivity index (χ2n) is 5.94. The number of rotatable bonds is 8. The Kier molecular flexibility index (Phi) is 8.60. The van der Waals surface area contributed by atoms with Crippen molar-refractivity contribution in [1.82, 2.24) is 15.6 Å². The molecule has 0 amide bonds. The summed E-state index contributed by atoms with van der Waals surface area (Å²) in [5, 5.41) is 8.03. The van der Waals surface area contributed by atoms with E-state index in [-0.39, 0.29) is 0 Å². The number of ether oxygens (including phenoxy) is 3. The number of nitrogens with zero attached hydrogens (tertiary/aromatic N) is 2. The molecule has 0 saturated carbocycles. The van der Waals surface area contributed by atoms with E-state index in [0.717, 1.165) is 68.6 Å². The highest BCUT2D eigenvalue weighted by Crippen LogP contribution is 2.24. The van der Waals surface area contributed by atoms with Gasteiger partial charge in [-0.05, 0) is 50.3 Å². The number of methoxy groups -OCH3 is 2. The third-order valence-corrected chi connectivity index (χ3v) is 4.40. The van der Waals surface area contributed by atoms with E-state index >= 15 is 0 Å². The van der Waals surface area contributed by atoms with E-state index in [1.165, 1.54) is 0 Å². The van der Waals surface area contributed by atoms with Gasteiger partial charge in [0.15, 0.2) is 5.11 Å². The summed E-state index contributed by atoms with van der Waals surface area (Å²) in [6.45, 7) is 7.42. The van der Waals surface area contributed by atoms with Gasteiger partial charge < -0.3 is 19.5 Å². The molecule has 0 aromatic heterocycles. The lowest BCUT2D eigenvalue weighted by atomic mass is 10.1.